The predicted octanol–water partition coefficient (Wildman–Crippen LogP) is 0.309. The summed E-state index contributed by atoms with van der Waals surface area (Å²) in [4.78, 5) is 63.4. The van der Waals surface area contributed by atoms with Gasteiger partial charge in [0, 0.05) is 24.7 Å². The first-order valence-corrected chi connectivity index (χ1v) is 13.1. The van der Waals surface area contributed by atoms with Crippen LogP contribution in [0.5, 0.6) is 0 Å². The highest BCUT2D eigenvalue weighted by Gasteiger charge is 2.46. The molecule has 196 valence electrons. The molecule has 4 rings (SSSR count). The van der Waals surface area contributed by atoms with Crippen LogP contribution in [-0.4, -0.2) is 82.0 Å². The van der Waals surface area contributed by atoms with Gasteiger partial charge in [-0.15, -0.1) is 11.3 Å². The Morgan fingerprint density at radius 1 is 1.19 bits per heavy atom. The first-order chi connectivity index (χ1) is 17.8. The fraction of sp³-hybridized carbons (Fsp3) is 0.440. The number of aromatic nitrogens is 1. The van der Waals surface area contributed by atoms with E-state index in [-0.39, 0.29) is 48.5 Å². The molecule has 0 spiro atoms. The van der Waals surface area contributed by atoms with Gasteiger partial charge in [-0.2, -0.15) is 0 Å². The third-order valence-corrected chi connectivity index (χ3v) is 7.41. The fourth-order valence-corrected chi connectivity index (χ4v) is 5.50. The molecule has 12 heteroatoms. The molecule has 2 aliphatic rings. The van der Waals surface area contributed by atoms with E-state index in [1.165, 1.54) is 17.5 Å². The minimum absolute atomic E-state index is 0.0382. The maximum atomic E-state index is 13.3. The lowest BCUT2D eigenvalue weighted by Crippen LogP contribution is -2.60. The number of rotatable bonds is 10. The average Bonchev–Trinajstić information content (AvgIpc) is 3.56. The Balaban J connectivity index is 1.39. The molecule has 0 saturated carbocycles. The monoisotopic (exact) mass is 525 g/mol. The molecule has 3 heterocycles. The topological polar surface area (TPSA) is 164 Å². The molecule has 11 nitrogen and oxygen atoms in total. The van der Waals surface area contributed by atoms with Gasteiger partial charge in [0.2, 0.25) is 23.5 Å². The van der Waals surface area contributed by atoms with Crippen molar-refractivity contribution in [3.05, 3.63) is 52.5 Å². The molecule has 5 N–H and O–H groups in total. The highest BCUT2D eigenvalue weighted by Crippen LogP contribution is 2.29. The molecule has 2 fully saturated rings. The summed E-state index contributed by atoms with van der Waals surface area (Å²) in [5.74, 6) is -1.07. The molecule has 0 radical (unpaired) electrons. The molecule has 2 aromatic rings. The number of Topliss-reactive ketones (excluding diaryl/α,β-unsaturated/α-hetero) is 1. The van der Waals surface area contributed by atoms with Gasteiger partial charge in [0.05, 0.1) is 25.0 Å². The summed E-state index contributed by atoms with van der Waals surface area (Å²) < 4.78 is 0. The molecule has 2 saturated heterocycles. The lowest BCUT2D eigenvalue weighted by Gasteiger charge is -2.39. The number of nitrogens with two attached hydrogens (primary N) is 2. The smallest absolute Gasteiger partial charge is 0.243 e. The first kappa shape index (κ1) is 26.3. The van der Waals surface area contributed by atoms with Crippen LogP contribution in [-0.2, 0) is 20.8 Å². The Morgan fingerprint density at radius 2 is 1.97 bits per heavy atom. The van der Waals surface area contributed by atoms with Gasteiger partial charge in [-0.3, -0.25) is 24.2 Å². The second-order valence-corrected chi connectivity index (χ2v) is 10.1. The van der Waals surface area contributed by atoms with Crippen LogP contribution in [0.1, 0.15) is 41.0 Å². The standard InChI is InChI=1S/C25H31N7O4S/c26-25(27)29-10-4-7-18(22(35)24-28-11-12-37-24)30-23(36)19-9-8-17-14-31(15-21(34)32(17)19)20(33)13-16-5-2-1-3-6-16/h1-3,5-6,11-12,17-19H,4,7-10,13-15H2,(H,30,36)(H4,26,27,29)/t17-,18?,19?/m0/s1. The van der Waals surface area contributed by atoms with Gasteiger partial charge in [-0.1, -0.05) is 30.3 Å². The van der Waals surface area contributed by atoms with Crippen molar-refractivity contribution in [2.24, 2.45) is 16.5 Å². The maximum Gasteiger partial charge on any atom is 0.243 e. The van der Waals surface area contributed by atoms with Crippen molar-refractivity contribution in [1.29, 1.82) is 0 Å². The number of benzene rings is 1. The second-order valence-electron chi connectivity index (χ2n) is 9.20. The van der Waals surface area contributed by atoms with Crippen LogP contribution in [0.25, 0.3) is 0 Å². The molecule has 2 unspecified atom stereocenters. The van der Waals surface area contributed by atoms with E-state index in [0.717, 1.165) is 5.56 Å². The van der Waals surface area contributed by atoms with Crippen LogP contribution in [0.4, 0.5) is 0 Å². The van der Waals surface area contributed by atoms with Crippen LogP contribution in [0, 0.1) is 0 Å². The van der Waals surface area contributed by atoms with Gasteiger partial charge >= 0.3 is 0 Å². The Labute approximate surface area is 218 Å². The molecular weight excluding hydrogens is 494 g/mol. The Bertz CT molecular complexity index is 1150. The Hall–Kier alpha value is -3.80. The van der Waals surface area contributed by atoms with Crippen LogP contribution >= 0.6 is 11.3 Å². The average molecular weight is 526 g/mol. The van der Waals surface area contributed by atoms with E-state index >= 15 is 0 Å². The van der Waals surface area contributed by atoms with E-state index in [2.05, 4.69) is 15.3 Å². The van der Waals surface area contributed by atoms with Gasteiger partial charge in [0.25, 0.3) is 0 Å². The van der Waals surface area contributed by atoms with Crippen molar-refractivity contribution in [2.45, 2.75) is 50.2 Å². The largest absolute Gasteiger partial charge is 0.370 e. The Kier molecular flexibility index (Phi) is 8.49. The summed E-state index contributed by atoms with van der Waals surface area (Å²) in [6, 6.07) is 7.67. The summed E-state index contributed by atoms with van der Waals surface area (Å²) in [5, 5.41) is 4.85. The summed E-state index contributed by atoms with van der Waals surface area (Å²) in [6.45, 7) is 0.649. The van der Waals surface area contributed by atoms with Crippen molar-refractivity contribution in [1.82, 2.24) is 20.1 Å². The zero-order valence-corrected chi connectivity index (χ0v) is 21.2. The van der Waals surface area contributed by atoms with Crippen molar-refractivity contribution in [3.63, 3.8) is 0 Å². The third kappa shape index (κ3) is 6.50. The number of carbonyl (C=O) groups is 4. The highest BCUT2D eigenvalue weighted by molar-refractivity contribution is 7.11. The van der Waals surface area contributed by atoms with E-state index in [4.69, 9.17) is 11.5 Å². The predicted molar refractivity (Wildman–Crippen MR) is 139 cm³/mol. The number of hydrogen-bond acceptors (Lipinski definition) is 7. The number of nitrogens with one attached hydrogen (secondary N) is 1. The van der Waals surface area contributed by atoms with Crippen molar-refractivity contribution in [3.8, 4) is 0 Å². The number of carbonyl (C=O) groups excluding carboxylic acids is 4. The van der Waals surface area contributed by atoms with Crippen molar-refractivity contribution in [2.75, 3.05) is 19.6 Å². The zero-order chi connectivity index (χ0) is 26.4. The van der Waals surface area contributed by atoms with Gasteiger partial charge in [-0.25, -0.2) is 4.98 Å². The van der Waals surface area contributed by atoms with E-state index in [9.17, 15) is 19.2 Å². The first-order valence-electron chi connectivity index (χ1n) is 12.3. The number of nitrogens with zero attached hydrogens (tertiary/aromatic N) is 4. The van der Waals surface area contributed by atoms with Crippen molar-refractivity contribution < 1.29 is 19.2 Å². The Morgan fingerprint density at radius 3 is 2.68 bits per heavy atom. The van der Waals surface area contributed by atoms with Gasteiger partial charge in [0.15, 0.2) is 11.0 Å². The fourth-order valence-electron chi connectivity index (χ4n) is 4.87. The maximum absolute atomic E-state index is 13.3. The SMILES string of the molecule is NC(N)=NCCCC(NC(=O)C1CC[C@H]2CN(C(=O)Cc3ccccc3)CC(=O)N12)C(=O)c1nccs1. The minimum atomic E-state index is -0.809. The van der Waals surface area contributed by atoms with Gasteiger partial charge < -0.3 is 26.6 Å². The molecule has 1 aromatic heterocycles. The lowest BCUT2D eigenvalue weighted by atomic mass is 10.1. The minimum Gasteiger partial charge on any atom is -0.370 e. The van der Waals surface area contributed by atoms with Crippen LogP contribution in [0.15, 0.2) is 46.9 Å². The summed E-state index contributed by atoms with van der Waals surface area (Å²) >= 11 is 1.20. The number of fused-ring (bicyclic) bond motifs is 1. The molecular formula is C25H31N7O4S. The number of piperazine rings is 1. The molecule has 3 amide bonds. The third-order valence-electron chi connectivity index (χ3n) is 6.62. The van der Waals surface area contributed by atoms with Crippen LogP contribution in [0.3, 0.4) is 0 Å². The van der Waals surface area contributed by atoms with E-state index < -0.39 is 12.1 Å². The van der Waals surface area contributed by atoms with Crippen LogP contribution in [0.2, 0.25) is 0 Å². The number of guanidine groups is 1. The second kappa shape index (κ2) is 12.0. The van der Waals surface area contributed by atoms with Crippen LogP contribution < -0.4 is 16.8 Å². The molecule has 0 bridgehead atoms. The number of amides is 3. The lowest BCUT2D eigenvalue weighted by molar-refractivity contribution is -0.150. The molecule has 0 aliphatic carbocycles. The van der Waals surface area contributed by atoms with E-state index in [1.807, 2.05) is 30.3 Å². The summed E-state index contributed by atoms with van der Waals surface area (Å²) in [6.07, 6.45) is 3.64. The van der Waals surface area contributed by atoms with Gasteiger partial charge in [0.1, 0.15) is 6.04 Å². The van der Waals surface area contributed by atoms with Crippen molar-refractivity contribution >= 4 is 40.8 Å². The molecule has 3 atom stereocenters. The summed E-state index contributed by atoms with van der Waals surface area (Å²) in [5.41, 5.74) is 11.6. The van der Waals surface area contributed by atoms with Gasteiger partial charge in [-0.05, 0) is 31.2 Å². The van der Waals surface area contributed by atoms with E-state index in [1.54, 1.807) is 15.2 Å². The molecule has 1 aromatic carbocycles. The number of thiazole rings is 1. The molecule has 37 heavy (non-hydrogen) atoms. The molecule has 2 aliphatic heterocycles. The number of aliphatic imine (C=N–C) groups is 1. The highest BCUT2D eigenvalue weighted by atomic mass is 32.1. The summed E-state index contributed by atoms with van der Waals surface area (Å²) in [7, 11) is 0. The zero-order valence-electron chi connectivity index (χ0n) is 20.4. The number of hydrogen-bond donors (Lipinski definition) is 3. The van der Waals surface area contributed by atoms with E-state index in [0.29, 0.717) is 43.8 Å². The normalized spacial score (nSPS) is 19.7. The quantitative estimate of drug-likeness (QED) is 0.174. The number of ketones is 1.